The molecule has 1 saturated carbocycles. The molecule has 1 fully saturated rings. The number of benzene rings is 2. The topological polar surface area (TPSA) is 38.9 Å². The fraction of sp³-hybridized carbons (Fsp3) is 0.200. The number of para-hydroxylation sites is 1. The molecule has 3 heterocycles. The highest BCUT2D eigenvalue weighted by atomic mass is 16.3. The number of hydrogen-bond donors (Lipinski definition) is 0. The third-order valence-corrected chi connectivity index (χ3v) is 6.63. The summed E-state index contributed by atoms with van der Waals surface area (Å²) >= 11 is 0. The van der Waals surface area contributed by atoms with E-state index in [4.69, 9.17) is 9.40 Å². The first-order chi connectivity index (χ1) is 14.2. The van der Waals surface area contributed by atoms with Gasteiger partial charge in [0.05, 0.1) is 11.2 Å². The van der Waals surface area contributed by atoms with Crippen molar-refractivity contribution in [2.24, 2.45) is 0 Å². The molecule has 0 saturated heterocycles. The van der Waals surface area contributed by atoms with Crippen LogP contribution in [-0.4, -0.2) is 17.8 Å². The van der Waals surface area contributed by atoms with Crippen molar-refractivity contribution < 1.29 is 4.42 Å². The van der Waals surface area contributed by atoms with E-state index in [9.17, 15) is 0 Å². The van der Waals surface area contributed by atoms with Crippen LogP contribution in [0.5, 0.6) is 0 Å². The second-order valence-electron chi connectivity index (χ2n) is 8.54. The fourth-order valence-corrected chi connectivity index (χ4v) is 4.87. The molecule has 1 aliphatic carbocycles. The Kier molecular flexibility index (Phi) is 3.58. The standard InChI is InChI=1S/C25H21BN2O/c26-25(10-3-4-11-25)18-9-12-27-22(15-18)17-7-8-19-20-13-16-5-1-2-6-21(16)28-24(20)29-23(19)14-17/h1-2,5-9,12-15H,3-4,10-11,26H2. The van der Waals surface area contributed by atoms with Gasteiger partial charge in [-0.15, -0.1) is 0 Å². The summed E-state index contributed by atoms with van der Waals surface area (Å²) in [5.41, 5.74) is 6.01. The van der Waals surface area contributed by atoms with Gasteiger partial charge in [-0.1, -0.05) is 49.9 Å². The molecule has 140 valence electrons. The summed E-state index contributed by atoms with van der Waals surface area (Å²) in [4.78, 5) is 9.37. The highest BCUT2D eigenvalue weighted by Gasteiger charge is 2.30. The average molecular weight is 376 g/mol. The highest BCUT2D eigenvalue weighted by molar-refractivity contribution is 6.16. The van der Waals surface area contributed by atoms with E-state index in [1.807, 2.05) is 24.4 Å². The molecule has 6 rings (SSSR count). The lowest BCUT2D eigenvalue weighted by Gasteiger charge is -2.24. The van der Waals surface area contributed by atoms with E-state index in [0.29, 0.717) is 5.71 Å². The fourth-order valence-electron chi connectivity index (χ4n) is 4.87. The quantitative estimate of drug-likeness (QED) is 0.377. The van der Waals surface area contributed by atoms with Crippen LogP contribution < -0.4 is 0 Å². The second kappa shape index (κ2) is 6.18. The predicted molar refractivity (Wildman–Crippen MR) is 121 cm³/mol. The van der Waals surface area contributed by atoms with Gasteiger partial charge in [-0.25, -0.2) is 4.98 Å². The Bertz CT molecular complexity index is 1380. The van der Waals surface area contributed by atoms with Gasteiger partial charge < -0.3 is 4.42 Å². The number of pyridine rings is 2. The van der Waals surface area contributed by atoms with Crippen LogP contribution in [0.2, 0.25) is 0 Å². The van der Waals surface area contributed by atoms with Crippen LogP contribution in [0.15, 0.2) is 71.3 Å². The van der Waals surface area contributed by atoms with Gasteiger partial charge in [0.1, 0.15) is 13.4 Å². The number of nitrogens with zero attached hydrogens (tertiary/aromatic N) is 2. The lowest BCUT2D eigenvalue weighted by Crippen LogP contribution is -2.21. The first-order valence-corrected chi connectivity index (χ1v) is 10.4. The zero-order valence-electron chi connectivity index (χ0n) is 16.5. The first-order valence-electron chi connectivity index (χ1n) is 10.4. The highest BCUT2D eigenvalue weighted by Crippen LogP contribution is 2.39. The Balaban J connectivity index is 1.49. The summed E-state index contributed by atoms with van der Waals surface area (Å²) in [7, 11) is 2.39. The Morgan fingerprint density at radius 1 is 0.897 bits per heavy atom. The SMILES string of the molecule is BC1(c2ccnc(-c3ccc4c(c3)oc3nc5ccccc5cc34)c2)CCCC1. The molecule has 4 heteroatoms. The summed E-state index contributed by atoms with van der Waals surface area (Å²) in [6, 6.07) is 21.2. The molecule has 0 bridgehead atoms. The van der Waals surface area contributed by atoms with Crippen molar-refractivity contribution in [1.29, 1.82) is 0 Å². The smallest absolute Gasteiger partial charge is 0.227 e. The van der Waals surface area contributed by atoms with Gasteiger partial charge in [-0.05, 0) is 47.3 Å². The lowest BCUT2D eigenvalue weighted by atomic mass is 9.63. The van der Waals surface area contributed by atoms with Crippen molar-refractivity contribution in [2.75, 3.05) is 0 Å². The molecule has 5 aromatic rings. The van der Waals surface area contributed by atoms with Crippen LogP contribution in [0.3, 0.4) is 0 Å². The first kappa shape index (κ1) is 16.8. The third kappa shape index (κ3) is 2.66. The molecule has 0 N–H and O–H groups in total. The molecule has 1 aliphatic rings. The summed E-state index contributed by atoms with van der Waals surface area (Å²) < 4.78 is 6.13. The molecule has 3 aromatic heterocycles. The molecule has 0 spiro atoms. The molecule has 0 aliphatic heterocycles. The summed E-state index contributed by atoms with van der Waals surface area (Å²) in [5.74, 6) is 0. The largest absolute Gasteiger partial charge is 0.438 e. The van der Waals surface area contributed by atoms with Crippen molar-refractivity contribution in [2.45, 2.75) is 31.0 Å². The Morgan fingerprint density at radius 2 is 1.76 bits per heavy atom. The zero-order chi connectivity index (χ0) is 19.4. The molecule has 3 nitrogen and oxygen atoms in total. The van der Waals surface area contributed by atoms with Crippen LogP contribution in [0.4, 0.5) is 0 Å². The van der Waals surface area contributed by atoms with Gasteiger partial charge in [0.15, 0.2) is 0 Å². The minimum Gasteiger partial charge on any atom is -0.438 e. The molecular formula is C25H21BN2O. The average Bonchev–Trinajstić information content (AvgIpc) is 3.36. The molecule has 0 amide bonds. The lowest BCUT2D eigenvalue weighted by molar-refractivity contribution is 0.635. The minimum atomic E-state index is 0.283. The molecule has 0 atom stereocenters. The van der Waals surface area contributed by atoms with E-state index >= 15 is 0 Å². The molecule has 2 aromatic carbocycles. The van der Waals surface area contributed by atoms with Crippen molar-refractivity contribution in [3.63, 3.8) is 0 Å². The van der Waals surface area contributed by atoms with Crippen molar-refractivity contribution in [3.05, 3.63) is 72.4 Å². The van der Waals surface area contributed by atoms with Crippen LogP contribution in [-0.2, 0) is 5.31 Å². The summed E-state index contributed by atoms with van der Waals surface area (Å²) in [6.07, 6.45) is 7.11. The van der Waals surface area contributed by atoms with E-state index in [2.05, 4.69) is 55.3 Å². The predicted octanol–water partition coefficient (Wildman–Crippen LogP) is 5.60. The minimum absolute atomic E-state index is 0.283. The monoisotopic (exact) mass is 376 g/mol. The summed E-state index contributed by atoms with van der Waals surface area (Å²) in [6.45, 7) is 0. The number of rotatable bonds is 2. The van der Waals surface area contributed by atoms with Crippen LogP contribution >= 0.6 is 0 Å². The van der Waals surface area contributed by atoms with Crippen LogP contribution in [0, 0.1) is 0 Å². The van der Waals surface area contributed by atoms with Gasteiger partial charge in [0.2, 0.25) is 5.71 Å². The Labute approximate surface area is 170 Å². The maximum absolute atomic E-state index is 6.13. The van der Waals surface area contributed by atoms with Crippen LogP contribution in [0.1, 0.15) is 31.2 Å². The Morgan fingerprint density at radius 3 is 2.66 bits per heavy atom. The van der Waals surface area contributed by atoms with Gasteiger partial charge in [-0.3, -0.25) is 4.98 Å². The van der Waals surface area contributed by atoms with Crippen molar-refractivity contribution in [3.8, 4) is 11.3 Å². The number of fused-ring (bicyclic) bond motifs is 4. The van der Waals surface area contributed by atoms with E-state index in [1.54, 1.807) is 0 Å². The van der Waals surface area contributed by atoms with Crippen molar-refractivity contribution >= 4 is 40.8 Å². The Hall–Kier alpha value is -3.14. The van der Waals surface area contributed by atoms with E-state index in [0.717, 1.165) is 38.5 Å². The normalized spacial score (nSPS) is 16.1. The van der Waals surface area contributed by atoms with E-state index in [-0.39, 0.29) is 5.31 Å². The number of hydrogen-bond acceptors (Lipinski definition) is 3. The van der Waals surface area contributed by atoms with Gasteiger partial charge >= 0.3 is 0 Å². The number of furan rings is 1. The van der Waals surface area contributed by atoms with Crippen molar-refractivity contribution in [1.82, 2.24) is 9.97 Å². The molecule has 0 unspecified atom stereocenters. The van der Waals surface area contributed by atoms with Gasteiger partial charge in [0.25, 0.3) is 0 Å². The maximum atomic E-state index is 6.13. The second-order valence-corrected chi connectivity index (χ2v) is 8.54. The van der Waals surface area contributed by atoms with E-state index < -0.39 is 0 Å². The zero-order valence-corrected chi connectivity index (χ0v) is 16.5. The maximum Gasteiger partial charge on any atom is 0.227 e. The molecule has 29 heavy (non-hydrogen) atoms. The number of aromatic nitrogens is 2. The molecular weight excluding hydrogens is 355 g/mol. The summed E-state index contributed by atoms with van der Waals surface area (Å²) in [5, 5.41) is 3.57. The van der Waals surface area contributed by atoms with Crippen LogP contribution in [0.25, 0.3) is 44.2 Å². The van der Waals surface area contributed by atoms with Gasteiger partial charge in [-0.2, -0.15) is 0 Å². The van der Waals surface area contributed by atoms with Gasteiger partial charge in [0, 0.05) is 27.9 Å². The van der Waals surface area contributed by atoms with E-state index in [1.165, 1.54) is 31.2 Å². The third-order valence-electron chi connectivity index (χ3n) is 6.63. The molecule has 0 radical (unpaired) electrons.